The van der Waals surface area contributed by atoms with Gasteiger partial charge in [0.25, 0.3) is 5.91 Å². The normalized spacial score (nSPS) is 12.3. The van der Waals surface area contributed by atoms with E-state index < -0.39 is 6.10 Å². The summed E-state index contributed by atoms with van der Waals surface area (Å²) < 4.78 is 0. The quantitative estimate of drug-likeness (QED) is 0.885. The Labute approximate surface area is 113 Å². The van der Waals surface area contributed by atoms with Crippen LogP contribution in [0.3, 0.4) is 0 Å². The van der Waals surface area contributed by atoms with Crippen molar-refractivity contribution in [2.75, 3.05) is 6.54 Å². The van der Waals surface area contributed by atoms with E-state index in [1.54, 1.807) is 23.6 Å². The Kier molecular flexibility index (Phi) is 4.46. The summed E-state index contributed by atoms with van der Waals surface area (Å²) in [6.07, 6.45) is 0.149. The van der Waals surface area contributed by atoms with Crippen LogP contribution in [0.25, 0.3) is 9.88 Å². The van der Waals surface area contributed by atoms with E-state index in [2.05, 4.69) is 10.3 Å². The van der Waals surface area contributed by atoms with Gasteiger partial charge in [-0.3, -0.25) is 4.79 Å². The molecule has 0 bridgehead atoms. The van der Waals surface area contributed by atoms with Crippen LogP contribution in [-0.4, -0.2) is 28.6 Å². The van der Waals surface area contributed by atoms with E-state index in [-0.39, 0.29) is 5.91 Å². The fourth-order valence-corrected chi connectivity index (χ4v) is 2.99. The zero-order valence-corrected chi connectivity index (χ0v) is 11.6. The molecule has 0 fully saturated rings. The third kappa shape index (κ3) is 3.38. The van der Waals surface area contributed by atoms with Gasteiger partial charge in [0, 0.05) is 11.9 Å². The summed E-state index contributed by atoms with van der Waals surface area (Å²) in [5.41, 5.74) is 0.439. The van der Waals surface area contributed by atoms with Gasteiger partial charge in [0.2, 0.25) is 0 Å². The first-order valence-corrected chi connectivity index (χ1v) is 7.38. The standard InChI is InChI=1S/C12H14N2O2S2/c1-8(15)4-5-13-11(16)9-7-18-12(14-9)10-3-2-6-17-10/h2-3,6-8,15H,4-5H2,1H3,(H,13,16). The molecule has 0 saturated carbocycles. The highest BCUT2D eigenvalue weighted by atomic mass is 32.1. The maximum Gasteiger partial charge on any atom is 0.270 e. The molecule has 0 aliphatic heterocycles. The topological polar surface area (TPSA) is 62.2 Å². The van der Waals surface area contributed by atoms with Crippen LogP contribution < -0.4 is 5.32 Å². The van der Waals surface area contributed by atoms with Crippen LogP contribution in [-0.2, 0) is 0 Å². The molecule has 2 aromatic rings. The van der Waals surface area contributed by atoms with E-state index in [0.717, 1.165) is 9.88 Å². The highest BCUT2D eigenvalue weighted by molar-refractivity contribution is 7.20. The molecule has 0 spiro atoms. The van der Waals surface area contributed by atoms with E-state index in [1.807, 2.05) is 17.5 Å². The number of rotatable bonds is 5. The second kappa shape index (κ2) is 6.08. The Morgan fingerprint density at radius 2 is 2.39 bits per heavy atom. The summed E-state index contributed by atoms with van der Waals surface area (Å²) in [6, 6.07) is 3.95. The van der Waals surface area contributed by atoms with Gasteiger partial charge in [0.15, 0.2) is 0 Å². The van der Waals surface area contributed by atoms with Gasteiger partial charge in [-0.15, -0.1) is 22.7 Å². The molecule has 6 heteroatoms. The first-order valence-electron chi connectivity index (χ1n) is 5.62. The lowest BCUT2D eigenvalue weighted by molar-refractivity contribution is 0.0941. The minimum atomic E-state index is -0.401. The summed E-state index contributed by atoms with van der Waals surface area (Å²) in [5.74, 6) is -0.185. The predicted molar refractivity (Wildman–Crippen MR) is 74.1 cm³/mol. The van der Waals surface area contributed by atoms with Crippen molar-refractivity contribution in [1.29, 1.82) is 0 Å². The Hall–Kier alpha value is -1.24. The SMILES string of the molecule is CC(O)CCNC(=O)c1csc(-c2cccs2)n1. The number of carbonyl (C=O) groups excluding carboxylic acids is 1. The Bertz CT molecular complexity index is 506. The molecule has 0 radical (unpaired) electrons. The highest BCUT2D eigenvalue weighted by Gasteiger charge is 2.11. The summed E-state index contributed by atoms with van der Waals surface area (Å²) in [5, 5.41) is 16.4. The van der Waals surface area contributed by atoms with Crippen molar-refractivity contribution in [1.82, 2.24) is 10.3 Å². The molecule has 96 valence electrons. The monoisotopic (exact) mass is 282 g/mol. The molecule has 2 heterocycles. The maximum atomic E-state index is 11.8. The van der Waals surface area contributed by atoms with Crippen molar-refractivity contribution < 1.29 is 9.90 Å². The first kappa shape index (κ1) is 13.2. The average molecular weight is 282 g/mol. The Balaban J connectivity index is 1.95. The molecule has 0 aliphatic carbocycles. The zero-order chi connectivity index (χ0) is 13.0. The van der Waals surface area contributed by atoms with Gasteiger partial charge in [-0.05, 0) is 24.8 Å². The summed E-state index contributed by atoms with van der Waals surface area (Å²) in [4.78, 5) is 17.1. The molecule has 0 saturated heterocycles. The lowest BCUT2D eigenvalue weighted by Crippen LogP contribution is -2.26. The number of hydrogen-bond acceptors (Lipinski definition) is 5. The van der Waals surface area contributed by atoms with Crippen molar-refractivity contribution in [2.45, 2.75) is 19.4 Å². The first-order chi connectivity index (χ1) is 8.66. The van der Waals surface area contributed by atoms with Gasteiger partial charge in [0.1, 0.15) is 10.7 Å². The lowest BCUT2D eigenvalue weighted by atomic mass is 10.3. The highest BCUT2D eigenvalue weighted by Crippen LogP contribution is 2.27. The van der Waals surface area contributed by atoms with Crippen LogP contribution >= 0.6 is 22.7 Å². The molecular weight excluding hydrogens is 268 g/mol. The molecule has 1 unspecified atom stereocenters. The smallest absolute Gasteiger partial charge is 0.270 e. The van der Waals surface area contributed by atoms with Crippen molar-refractivity contribution >= 4 is 28.6 Å². The van der Waals surface area contributed by atoms with Gasteiger partial charge >= 0.3 is 0 Å². The molecule has 2 N–H and O–H groups in total. The van der Waals surface area contributed by atoms with Crippen molar-refractivity contribution in [3.8, 4) is 9.88 Å². The van der Waals surface area contributed by atoms with Crippen molar-refractivity contribution in [3.05, 3.63) is 28.6 Å². The number of amides is 1. The van der Waals surface area contributed by atoms with Crippen molar-refractivity contribution in [2.24, 2.45) is 0 Å². The van der Waals surface area contributed by atoms with Crippen LogP contribution in [0, 0.1) is 0 Å². The third-order valence-corrected chi connectivity index (χ3v) is 4.20. The number of thiazole rings is 1. The van der Waals surface area contributed by atoms with Crippen LogP contribution in [0.2, 0.25) is 0 Å². The van der Waals surface area contributed by atoms with E-state index in [4.69, 9.17) is 5.11 Å². The fraction of sp³-hybridized carbons (Fsp3) is 0.333. The van der Waals surface area contributed by atoms with E-state index in [1.165, 1.54) is 11.3 Å². The summed E-state index contributed by atoms with van der Waals surface area (Å²) in [7, 11) is 0. The minimum absolute atomic E-state index is 0.185. The van der Waals surface area contributed by atoms with Gasteiger partial charge in [-0.25, -0.2) is 4.98 Å². The molecule has 0 aliphatic rings. The zero-order valence-electron chi connectivity index (χ0n) is 9.92. The second-order valence-electron chi connectivity index (χ2n) is 3.91. The predicted octanol–water partition coefficient (Wildman–Crippen LogP) is 2.37. The van der Waals surface area contributed by atoms with E-state index in [0.29, 0.717) is 18.7 Å². The molecule has 2 aromatic heterocycles. The molecule has 2 rings (SSSR count). The van der Waals surface area contributed by atoms with Gasteiger partial charge < -0.3 is 10.4 Å². The minimum Gasteiger partial charge on any atom is -0.393 e. The summed E-state index contributed by atoms with van der Waals surface area (Å²) in [6.45, 7) is 2.16. The largest absolute Gasteiger partial charge is 0.393 e. The molecule has 18 heavy (non-hydrogen) atoms. The van der Waals surface area contributed by atoms with Crippen LogP contribution in [0.5, 0.6) is 0 Å². The number of nitrogens with one attached hydrogen (secondary N) is 1. The number of thiophene rings is 1. The molecule has 4 nitrogen and oxygen atoms in total. The number of hydrogen-bond donors (Lipinski definition) is 2. The van der Waals surface area contributed by atoms with Crippen molar-refractivity contribution in [3.63, 3.8) is 0 Å². The average Bonchev–Trinajstić information content (AvgIpc) is 2.99. The molecule has 1 atom stereocenters. The number of nitrogens with zero attached hydrogens (tertiary/aromatic N) is 1. The fourth-order valence-electron chi connectivity index (χ4n) is 1.38. The number of aromatic nitrogens is 1. The number of aliphatic hydroxyl groups excluding tert-OH is 1. The van der Waals surface area contributed by atoms with E-state index >= 15 is 0 Å². The molecule has 0 aromatic carbocycles. The van der Waals surface area contributed by atoms with Crippen LogP contribution in [0.15, 0.2) is 22.9 Å². The second-order valence-corrected chi connectivity index (χ2v) is 5.71. The van der Waals surface area contributed by atoms with Gasteiger partial charge in [-0.2, -0.15) is 0 Å². The lowest BCUT2D eigenvalue weighted by Gasteiger charge is -2.04. The Morgan fingerprint density at radius 1 is 1.56 bits per heavy atom. The Morgan fingerprint density at radius 3 is 3.06 bits per heavy atom. The van der Waals surface area contributed by atoms with Crippen LogP contribution in [0.1, 0.15) is 23.8 Å². The van der Waals surface area contributed by atoms with E-state index in [9.17, 15) is 4.79 Å². The number of aliphatic hydroxyl groups is 1. The molecule has 1 amide bonds. The third-order valence-electron chi connectivity index (χ3n) is 2.32. The maximum absolute atomic E-state index is 11.8. The van der Waals surface area contributed by atoms with Gasteiger partial charge in [-0.1, -0.05) is 6.07 Å². The van der Waals surface area contributed by atoms with Crippen LogP contribution in [0.4, 0.5) is 0 Å². The molecular formula is C12H14N2O2S2. The summed E-state index contributed by atoms with van der Waals surface area (Å²) >= 11 is 3.07. The van der Waals surface area contributed by atoms with Gasteiger partial charge in [0.05, 0.1) is 11.0 Å². The number of carbonyl (C=O) groups is 1.